The van der Waals surface area contributed by atoms with Gasteiger partial charge in [0.1, 0.15) is 29.3 Å². The highest BCUT2D eigenvalue weighted by molar-refractivity contribution is 14.1. The smallest absolute Gasteiger partial charge is 0.125 e. The van der Waals surface area contributed by atoms with Gasteiger partial charge < -0.3 is 7.86 Å². The molecule has 66 valence electrons. The maximum Gasteiger partial charge on any atom is 0.125 e. The lowest BCUT2D eigenvalue weighted by atomic mass is 9.98. The number of rotatable bonds is 6. The van der Waals surface area contributed by atoms with Gasteiger partial charge in [0.05, 0.1) is 6.10 Å². The van der Waals surface area contributed by atoms with Crippen molar-refractivity contribution in [2.24, 2.45) is 5.92 Å². The first-order valence-corrected chi connectivity index (χ1v) is 4.90. The van der Waals surface area contributed by atoms with Crippen LogP contribution in [0.2, 0.25) is 0 Å². The van der Waals surface area contributed by atoms with Crippen LogP contribution in [0.25, 0.3) is 0 Å². The van der Waals surface area contributed by atoms with Crippen molar-refractivity contribution in [2.45, 2.75) is 39.2 Å². The topological polar surface area (TPSA) is 26.3 Å². The van der Waals surface area contributed by atoms with Gasteiger partial charge in [-0.3, -0.25) is 0 Å². The Balaban J connectivity index is 3.86. The van der Waals surface area contributed by atoms with Gasteiger partial charge in [0.25, 0.3) is 0 Å². The summed E-state index contributed by atoms with van der Waals surface area (Å²) < 4.78 is 5.17. The molecule has 2 atom stereocenters. The summed E-state index contributed by atoms with van der Waals surface area (Å²) in [5, 5.41) is 0. The summed E-state index contributed by atoms with van der Waals surface area (Å²) in [6.07, 6.45) is 4.03. The molecule has 0 heterocycles. The molecule has 0 saturated heterocycles. The summed E-state index contributed by atoms with van der Waals surface area (Å²) in [5.41, 5.74) is 0. The zero-order valence-corrected chi connectivity index (χ0v) is 9.21. The van der Waals surface area contributed by atoms with Gasteiger partial charge in [-0.05, 0) is 12.8 Å². The van der Waals surface area contributed by atoms with Crippen molar-refractivity contribution < 1.29 is 7.86 Å². The number of halogens is 1. The van der Waals surface area contributed by atoms with E-state index in [4.69, 9.17) is 3.07 Å². The van der Waals surface area contributed by atoms with Gasteiger partial charge in [-0.1, -0.05) is 20.3 Å². The Morgan fingerprint density at radius 1 is 1.55 bits per heavy atom. The van der Waals surface area contributed by atoms with E-state index in [-0.39, 0.29) is 12.0 Å². The van der Waals surface area contributed by atoms with E-state index in [0.717, 1.165) is 25.5 Å². The minimum Gasteiger partial charge on any atom is -0.312 e. The molecule has 0 fully saturated rings. The summed E-state index contributed by atoms with van der Waals surface area (Å²) in [6, 6.07) is 0. The maximum atomic E-state index is 10.5. The van der Waals surface area contributed by atoms with Crippen LogP contribution in [0, 0.1) is 5.92 Å². The lowest BCUT2D eigenvalue weighted by Gasteiger charge is -2.17. The molecule has 0 aromatic heterocycles. The zero-order valence-electron chi connectivity index (χ0n) is 7.05. The summed E-state index contributed by atoms with van der Waals surface area (Å²) in [4.78, 5) is 10.5. The van der Waals surface area contributed by atoms with Crippen LogP contribution >= 0.6 is 23.0 Å². The monoisotopic (exact) mass is 270 g/mol. The van der Waals surface area contributed by atoms with Crippen molar-refractivity contribution in [1.29, 1.82) is 0 Å². The minimum atomic E-state index is 0.0758. The molecule has 2 unspecified atom stereocenters. The summed E-state index contributed by atoms with van der Waals surface area (Å²) in [7, 11) is 0. The molecule has 11 heavy (non-hydrogen) atoms. The Morgan fingerprint density at radius 3 is 2.45 bits per heavy atom. The van der Waals surface area contributed by atoms with Gasteiger partial charge >= 0.3 is 0 Å². The van der Waals surface area contributed by atoms with Crippen molar-refractivity contribution in [1.82, 2.24) is 0 Å². The standard InChI is InChI=1S/C8H15IO2/c1-3-5-8(11-9)7(4-2)6-10/h6-8H,3-5H2,1-2H3. The van der Waals surface area contributed by atoms with E-state index in [1.54, 1.807) is 0 Å². The molecule has 0 N–H and O–H groups in total. The maximum absolute atomic E-state index is 10.5. The Kier molecular flexibility index (Phi) is 7.26. The third kappa shape index (κ3) is 4.06. The molecule has 0 bridgehead atoms. The molecule has 2 nitrogen and oxygen atoms in total. The van der Waals surface area contributed by atoms with E-state index in [1.165, 1.54) is 0 Å². The van der Waals surface area contributed by atoms with Gasteiger partial charge in [-0.15, -0.1) is 0 Å². The van der Waals surface area contributed by atoms with Crippen LogP contribution in [0.5, 0.6) is 0 Å². The first kappa shape index (κ1) is 11.4. The van der Waals surface area contributed by atoms with Crippen LogP contribution in [0.3, 0.4) is 0 Å². The summed E-state index contributed by atoms with van der Waals surface area (Å²) >= 11 is 1.88. The van der Waals surface area contributed by atoms with E-state index >= 15 is 0 Å². The van der Waals surface area contributed by atoms with Crippen LogP contribution in [0.4, 0.5) is 0 Å². The van der Waals surface area contributed by atoms with Crippen LogP contribution in [0.1, 0.15) is 33.1 Å². The van der Waals surface area contributed by atoms with Gasteiger partial charge in [0, 0.05) is 5.92 Å². The van der Waals surface area contributed by atoms with Crippen molar-refractivity contribution >= 4 is 29.3 Å². The van der Waals surface area contributed by atoms with Crippen molar-refractivity contribution in [2.75, 3.05) is 0 Å². The molecular weight excluding hydrogens is 255 g/mol. The largest absolute Gasteiger partial charge is 0.312 e. The molecule has 0 aliphatic rings. The lowest BCUT2D eigenvalue weighted by molar-refractivity contribution is -0.113. The predicted molar refractivity (Wildman–Crippen MR) is 53.6 cm³/mol. The fourth-order valence-electron chi connectivity index (χ4n) is 1.06. The Labute approximate surface area is 82.4 Å². The summed E-state index contributed by atoms with van der Waals surface area (Å²) in [6.45, 7) is 4.11. The number of carbonyl (C=O) groups is 1. The van der Waals surface area contributed by atoms with E-state index in [0.29, 0.717) is 0 Å². The molecular formula is C8H15IO2. The van der Waals surface area contributed by atoms with Crippen molar-refractivity contribution in [3.8, 4) is 0 Å². The highest BCUT2D eigenvalue weighted by Gasteiger charge is 2.18. The Hall–Kier alpha value is 0.360. The third-order valence-electron chi connectivity index (χ3n) is 1.81. The van der Waals surface area contributed by atoms with Crippen LogP contribution in [-0.4, -0.2) is 12.4 Å². The minimum absolute atomic E-state index is 0.0758. The van der Waals surface area contributed by atoms with Crippen LogP contribution in [-0.2, 0) is 7.86 Å². The van der Waals surface area contributed by atoms with Crippen molar-refractivity contribution in [3.05, 3.63) is 0 Å². The fraction of sp³-hybridized carbons (Fsp3) is 0.875. The highest BCUT2D eigenvalue weighted by atomic mass is 127. The molecule has 0 radical (unpaired) electrons. The van der Waals surface area contributed by atoms with E-state index in [9.17, 15) is 4.79 Å². The normalized spacial score (nSPS) is 15.9. The number of hydrogen-bond donors (Lipinski definition) is 0. The molecule has 0 amide bonds. The van der Waals surface area contributed by atoms with E-state index < -0.39 is 0 Å². The first-order valence-electron chi connectivity index (χ1n) is 4.02. The van der Waals surface area contributed by atoms with E-state index in [1.807, 2.05) is 29.9 Å². The van der Waals surface area contributed by atoms with Gasteiger partial charge in [-0.25, -0.2) is 0 Å². The molecule has 0 saturated carbocycles. The zero-order chi connectivity index (χ0) is 8.69. The molecule has 0 aromatic rings. The second kappa shape index (κ2) is 7.03. The predicted octanol–water partition coefficient (Wildman–Crippen LogP) is 2.75. The second-order valence-corrected chi connectivity index (χ2v) is 3.13. The van der Waals surface area contributed by atoms with Crippen LogP contribution in [0.15, 0.2) is 0 Å². The average Bonchev–Trinajstić information content (AvgIpc) is 2.05. The Bertz CT molecular complexity index is 106. The quantitative estimate of drug-likeness (QED) is 0.548. The number of carbonyl (C=O) groups excluding carboxylic acids is 1. The molecule has 0 aliphatic carbocycles. The molecule has 0 spiro atoms. The Morgan fingerprint density at radius 2 is 2.18 bits per heavy atom. The molecule has 0 rings (SSSR count). The lowest BCUT2D eigenvalue weighted by Crippen LogP contribution is -2.21. The SMILES string of the molecule is CCCC(OI)C(C=O)CC. The number of aldehydes is 1. The van der Waals surface area contributed by atoms with E-state index in [2.05, 4.69) is 6.92 Å². The van der Waals surface area contributed by atoms with Crippen LogP contribution < -0.4 is 0 Å². The average molecular weight is 270 g/mol. The number of hydrogen-bond acceptors (Lipinski definition) is 2. The third-order valence-corrected chi connectivity index (χ3v) is 2.46. The van der Waals surface area contributed by atoms with Crippen molar-refractivity contribution in [3.63, 3.8) is 0 Å². The second-order valence-electron chi connectivity index (χ2n) is 2.62. The van der Waals surface area contributed by atoms with Gasteiger partial charge in [0.2, 0.25) is 0 Å². The fourth-order valence-corrected chi connectivity index (χ4v) is 1.69. The molecule has 3 heteroatoms. The first-order chi connectivity index (χ1) is 5.29. The summed E-state index contributed by atoms with van der Waals surface area (Å²) in [5.74, 6) is 0.0758. The highest BCUT2D eigenvalue weighted by Crippen LogP contribution is 2.17. The molecule has 0 aromatic carbocycles. The van der Waals surface area contributed by atoms with Gasteiger partial charge in [0.15, 0.2) is 0 Å². The molecule has 0 aliphatic heterocycles. The van der Waals surface area contributed by atoms with Gasteiger partial charge in [-0.2, -0.15) is 0 Å².